The molecule has 3 aromatic carbocycles. The Morgan fingerprint density at radius 2 is 1.34 bits per heavy atom. The van der Waals surface area contributed by atoms with Gasteiger partial charge in [0.2, 0.25) is 0 Å². The second kappa shape index (κ2) is 9.69. The van der Waals surface area contributed by atoms with E-state index in [4.69, 9.17) is 4.74 Å². The van der Waals surface area contributed by atoms with Gasteiger partial charge in [-0.05, 0) is 42.3 Å². The van der Waals surface area contributed by atoms with Crippen molar-refractivity contribution < 1.29 is 14.3 Å². The second-order valence-electron chi connectivity index (χ2n) is 6.82. The molecule has 0 radical (unpaired) electrons. The van der Waals surface area contributed by atoms with Crippen molar-refractivity contribution in [2.75, 3.05) is 0 Å². The van der Waals surface area contributed by atoms with Crippen LogP contribution in [0.1, 0.15) is 47.8 Å². The first-order valence-electron chi connectivity index (χ1n) is 9.78. The summed E-state index contributed by atoms with van der Waals surface area (Å²) in [5.41, 5.74) is 2.65. The molecule has 1 atom stereocenters. The highest BCUT2D eigenvalue weighted by atomic mass is 16.5. The maximum absolute atomic E-state index is 12.8. The van der Waals surface area contributed by atoms with Gasteiger partial charge in [-0.2, -0.15) is 0 Å². The molecule has 0 aromatic heterocycles. The largest absolute Gasteiger partial charge is 0.481 e. The Morgan fingerprint density at radius 3 is 1.83 bits per heavy atom. The first-order chi connectivity index (χ1) is 14.1. The summed E-state index contributed by atoms with van der Waals surface area (Å²) >= 11 is 0. The highest BCUT2D eigenvalue weighted by molar-refractivity contribution is 5.95. The van der Waals surface area contributed by atoms with Crippen molar-refractivity contribution >= 4 is 11.7 Å². The molecule has 0 fully saturated rings. The molecule has 4 nitrogen and oxygen atoms in total. The molecule has 3 rings (SSSR count). The van der Waals surface area contributed by atoms with Crippen LogP contribution >= 0.6 is 0 Å². The van der Waals surface area contributed by atoms with Crippen molar-refractivity contribution in [3.8, 4) is 5.75 Å². The second-order valence-corrected chi connectivity index (χ2v) is 6.82. The van der Waals surface area contributed by atoms with Crippen molar-refractivity contribution in [1.29, 1.82) is 0 Å². The molecule has 0 heterocycles. The van der Waals surface area contributed by atoms with E-state index in [0.717, 1.165) is 11.1 Å². The zero-order valence-electron chi connectivity index (χ0n) is 16.7. The van der Waals surface area contributed by atoms with Gasteiger partial charge in [-0.25, -0.2) is 0 Å². The quantitative estimate of drug-likeness (QED) is 0.556. The number of nitrogens with one attached hydrogen (secondary N) is 1. The van der Waals surface area contributed by atoms with E-state index >= 15 is 0 Å². The lowest BCUT2D eigenvalue weighted by atomic mass is 9.98. The van der Waals surface area contributed by atoms with E-state index in [9.17, 15) is 9.59 Å². The minimum absolute atomic E-state index is 0.0795. The van der Waals surface area contributed by atoms with E-state index in [1.54, 1.807) is 31.2 Å². The van der Waals surface area contributed by atoms with Gasteiger partial charge in [-0.15, -0.1) is 0 Å². The molecule has 1 N–H and O–H groups in total. The van der Waals surface area contributed by atoms with E-state index < -0.39 is 6.10 Å². The predicted octanol–water partition coefficient (Wildman–Crippen LogP) is 4.95. The Hall–Kier alpha value is -3.40. The smallest absolute Gasteiger partial charge is 0.261 e. The molecule has 0 saturated heterocycles. The fraction of sp³-hybridized carbons (Fsp3) is 0.200. The van der Waals surface area contributed by atoms with Crippen LogP contribution in [0.15, 0.2) is 84.9 Å². The molecule has 0 bridgehead atoms. The van der Waals surface area contributed by atoms with E-state index in [2.05, 4.69) is 5.32 Å². The summed E-state index contributed by atoms with van der Waals surface area (Å²) in [4.78, 5) is 24.6. The fourth-order valence-corrected chi connectivity index (χ4v) is 3.09. The molecule has 148 valence electrons. The molecule has 29 heavy (non-hydrogen) atoms. The Kier molecular flexibility index (Phi) is 6.80. The number of Topliss-reactive ketones (excluding diaryl/α,β-unsaturated/α-hetero) is 1. The van der Waals surface area contributed by atoms with E-state index in [1.807, 2.05) is 67.6 Å². The number of ketones is 1. The van der Waals surface area contributed by atoms with Crippen LogP contribution in [-0.2, 0) is 4.79 Å². The van der Waals surface area contributed by atoms with Crippen LogP contribution < -0.4 is 10.1 Å². The van der Waals surface area contributed by atoms with E-state index in [0.29, 0.717) is 17.7 Å². The number of rotatable bonds is 8. The van der Waals surface area contributed by atoms with Gasteiger partial charge in [0.05, 0.1) is 6.04 Å². The number of carbonyl (C=O) groups is 2. The SMILES string of the molecule is CCC(=O)c1ccc(O[C@@H](C)C(=O)NC(c2ccccc2)c2ccccc2)cc1. The lowest BCUT2D eigenvalue weighted by Crippen LogP contribution is -2.39. The zero-order chi connectivity index (χ0) is 20.6. The van der Waals surface area contributed by atoms with Gasteiger partial charge in [0.1, 0.15) is 5.75 Å². The normalized spacial score (nSPS) is 11.7. The summed E-state index contributed by atoms with van der Waals surface area (Å²) in [6.07, 6.45) is -0.225. The molecular weight excluding hydrogens is 362 g/mol. The third-order valence-electron chi connectivity index (χ3n) is 4.73. The summed E-state index contributed by atoms with van der Waals surface area (Å²) < 4.78 is 5.79. The predicted molar refractivity (Wildman–Crippen MR) is 114 cm³/mol. The Bertz CT molecular complexity index is 897. The van der Waals surface area contributed by atoms with Crippen LogP contribution in [0, 0.1) is 0 Å². The van der Waals surface area contributed by atoms with Crippen molar-refractivity contribution in [2.45, 2.75) is 32.4 Å². The average molecular weight is 387 g/mol. The van der Waals surface area contributed by atoms with Crippen LogP contribution in [0.4, 0.5) is 0 Å². The molecule has 0 unspecified atom stereocenters. The molecule has 0 spiro atoms. The van der Waals surface area contributed by atoms with E-state index in [-0.39, 0.29) is 17.7 Å². The van der Waals surface area contributed by atoms with Crippen molar-refractivity contribution in [3.63, 3.8) is 0 Å². The summed E-state index contributed by atoms with van der Waals surface area (Å²) in [5, 5.41) is 3.09. The average Bonchev–Trinajstić information content (AvgIpc) is 2.78. The van der Waals surface area contributed by atoms with Crippen LogP contribution in [0.2, 0.25) is 0 Å². The van der Waals surface area contributed by atoms with Gasteiger partial charge in [0.25, 0.3) is 5.91 Å². The number of hydrogen-bond acceptors (Lipinski definition) is 3. The molecule has 0 aliphatic heterocycles. The van der Waals surface area contributed by atoms with Crippen molar-refractivity contribution in [1.82, 2.24) is 5.32 Å². The van der Waals surface area contributed by atoms with Crippen LogP contribution in [0.5, 0.6) is 5.75 Å². The summed E-state index contributed by atoms with van der Waals surface area (Å²) in [7, 11) is 0. The summed E-state index contributed by atoms with van der Waals surface area (Å²) in [5.74, 6) is 0.420. The molecule has 0 aliphatic carbocycles. The monoisotopic (exact) mass is 387 g/mol. The van der Waals surface area contributed by atoms with E-state index in [1.165, 1.54) is 0 Å². The third kappa shape index (κ3) is 5.32. The highest BCUT2D eigenvalue weighted by Gasteiger charge is 2.21. The summed E-state index contributed by atoms with van der Waals surface area (Å²) in [6, 6.07) is 26.3. The van der Waals surface area contributed by atoms with Gasteiger partial charge in [0, 0.05) is 12.0 Å². The van der Waals surface area contributed by atoms with Crippen LogP contribution in [0.25, 0.3) is 0 Å². The number of carbonyl (C=O) groups excluding carboxylic acids is 2. The van der Waals surface area contributed by atoms with Crippen LogP contribution in [-0.4, -0.2) is 17.8 Å². The Morgan fingerprint density at radius 1 is 0.828 bits per heavy atom. The number of benzene rings is 3. The first kappa shape index (κ1) is 20.3. The zero-order valence-corrected chi connectivity index (χ0v) is 16.7. The van der Waals surface area contributed by atoms with Gasteiger partial charge in [0.15, 0.2) is 11.9 Å². The Balaban J connectivity index is 1.71. The number of amides is 1. The minimum Gasteiger partial charge on any atom is -0.481 e. The molecule has 4 heteroatoms. The maximum atomic E-state index is 12.8. The lowest BCUT2D eigenvalue weighted by Gasteiger charge is -2.22. The minimum atomic E-state index is -0.683. The highest BCUT2D eigenvalue weighted by Crippen LogP contribution is 2.22. The van der Waals surface area contributed by atoms with Gasteiger partial charge < -0.3 is 10.1 Å². The Labute approximate surface area is 171 Å². The molecule has 1 amide bonds. The summed E-state index contributed by atoms with van der Waals surface area (Å²) in [6.45, 7) is 3.54. The molecule has 0 saturated carbocycles. The number of ether oxygens (including phenoxy) is 1. The standard InChI is InChI=1S/C25H25NO3/c1-3-23(27)19-14-16-22(17-15-19)29-18(2)25(28)26-24(20-10-6-4-7-11-20)21-12-8-5-9-13-21/h4-18,24H,3H2,1-2H3,(H,26,28)/t18-/m0/s1. The van der Waals surface area contributed by atoms with Gasteiger partial charge in [-0.3, -0.25) is 9.59 Å². The fourth-order valence-electron chi connectivity index (χ4n) is 3.09. The molecule has 3 aromatic rings. The molecular formula is C25H25NO3. The van der Waals surface area contributed by atoms with Crippen molar-refractivity contribution in [2.24, 2.45) is 0 Å². The third-order valence-corrected chi connectivity index (χ3v) is 4.73. The molecule has 0 aliphatic rings. The first-order valence-corrected chi connectivity index (χ1v) is 9.78. The number of hydrogen-bond donors (Lipinski definition) is 1. The van der Waals surface area contributed by atoms with Gasteiger partial charge >= 0.3 is 0 Å². The van der Waals surface area contributed by atoms with Gasteiger partial charge in [-0.1, -0.05) is 67.6 Å². The maximum Gasteiger partial charge on any atom is 0.261 e. The van der Waals surface area contributed by atoms with Crippen molar-refractivity contribution in [3.05, 3.63) is 102 Å². The topological polar surface area (TPSA) is 55.4 Å². The van der Waals surface area contributed by atoms with Crippen LogP contribution in [0.3, 0.4) is 0 Å². The lowest BCUT2D eigenvalue weighted by molar-refractivity contribution is -0.127.